The van der Waals surface area contributed by atoms with Gasteiger partial charge in [0.15, 0.2) is 0 Å². The van der Waals surface area contributed by atoms with E-state index in [0.717, 1.165) is 10.0 Å². The third kappa shape index (κ3) is 6.26. The summed E-state index contributed by atoms with van der Waals surface area (Å²) >= 11 is 3.39. The average Bonchev–Trinajstić information content (AvgIpc) is 2.76. The monoisotopic (exact) mass is 480 g/mol. The predicted octanol–water partition coefficient (Wildman–Crippen LogP) is 5.14. The van der Waals surface area contributed by atoms with Crippen LogP contribution in [0.15, 0.2) is 76.3 Å². The minimum atomic E-state index is -0.510. The van der Waals surface area contributed by atoms with Gasteiger partial charge in [-0.2, -0.15) is 5.10 Å². The normalized spacial score (nSPS) is 10.7. The highest BCUT2D eigenvalue weighted by Gasteiger charge is 2.12. The van der Waals surface area contributed by atoms with Gasteiger partial charge in [0.2, 0.25) is 0 Å². The summed E-state index contributed by atoms with van der Waals surface area (Å²) in [6.07, 6.45) is 1.43. The van der Waals surface area contributed by atoms with Crippen molar-refractivity contribution in [3.05, 3.63) is 93.5 Å². The van der Waals surface area contributed by atoms with Crippen molar-refractivity contribution >= 4 is 34.0 Å². The molecule has 1 amide bonds. The van der Waals surface area contributed by atoms with Crippen LogP contribution in [0.3, 0.4) is 0 Å². The second-order valence-electron chi connectivity index (χ2n) is 6.59. The summed E-state index contributed by atoms with van der Waals surface area (Å²) in [6, 6.07) is 19.0. The van der Waals surface area contributed by atoms with E-state index in [-0.39, 0.29) is 5.91 Å². The number of nitrogens with zero attached hydrogens (tertiary/aromatic N) is 1. The Labute approximate surface area is 189 Å². The lowest BCUT2D eigenvalue weighted by atomic mass is 10.1. The first-order chi connectivity index (χ1) is 15.0. The van der Waals surface area contributed by atoms with E-state index in [1.165, 1.54) is 6.21 Å². The van der Waals surface area contributed by atoms with Crippen LogP contribution in [0.2, 0.25) is 0 Å². The van der Waals surface area contributed by atoms with Crippen molar-refractivity contribution in [1.29, 1.82) is 0 Å². The number of halogens is 1. The molecule has 0 fully saturated rings. The fraction of sp³-hybridized carbons (Fsp3) is 0.125. The molecule has 0 aliphatic carbocycles. The van der Waals surface area contributed by atoms with Crippen LogP contribution in [0, 0.1) is 6.92 Å². The van der Waals surface area contributed by atoms with E-state index in [9.17, 15) is 9.59 Å². The van der Waals surface area contributed by atoms with Crippen LogP contribution in [0.5, 0.6) is 11.5 Å². The summed E-state index contributed by atoms with van der Waals surface area (Å²) in [6.45, 7) is 4.39. The van der Waals surface area contributed by atoms with Crippen molar-refractivity contribution in [1.82, 2.24) is 5.43 Å². The number of hydrogen-bond acceptors (Lipinski definition) is 5. The van der Waals surface area contributed by atoms with Crippen molar-refractivity contribution < 1.29 is 19.1 Å². The van der Waals surface area contributed by atoms with Crippen LogP contribution in [0.25, 0.3) is 0 Å². The van der Waals surface area contributed by atoms with Crippen molar-refractivity contribution in [3.63, 3.8) is 0 Å². The number of esters is 1. The van der Waals surface area contributed by atoms with E-state index in [1.54, 1.807) is 54.6 Å². The third-order valence-electron chi connectivity index (χ3n) is 4.26. The molecule has 0 atom stereocenters. The lowest BCUT2D eigenvalue weighted by molar-refractivity contribution is 0.0734. The van der Waals surface area contributed by atoms with Gasteiger partial charge >= 0.3 is 5.97 Å². The van der Waals surface area contributed by atoms with Gasteiger partial charge in [-0.15, -0.1) is 0 Å². The molecule has 0 unspecified atom stereocenters. The molecule has 0 saturated carbocycles. The minimum Gasteiger partial charge on any atom is -0.494 e. The van der Waals surface area contributed by atoms with Crippen LogP contribution >= 0.6 is 15.9 Å². The topological polar surface area (TPSA) is 77.0 Å². The Kier molecular flexibility index (Phi) is 7.56. The molecule has 0 bridgehead atoms. The number of hydrazone groups is 1. The highest BCUT2D eigenvalue weighted by molar-refractivity contribution is 9.10. The number of ether oxygens (including phenoxy) is 2. The Morgan fingerprint density at radius 2 is 1.68 bits per heavy atom. The van der Waals surface area contributed by atoms with Crippen molar-refractivity contribution in [3.8, 4) is 11.5 Å². The largest absolute Gasteiger partial charge is 0.494 e. The Balaban J connectivity index is 1.71. The fourth-order valence-electron chi connectivity index (χ4n) is 2.66. The Bertz CT molecular complexity index is 1090. The molecule has 0 aliphatic heterocycles. The van der Waals surface area contributed by atoms with Gasteiger partial charge in [-0.3, -0.25) is 4.79 Å². The van der Waals surface area contributed by atoms with Crippen molar-refractivity contribution in [2.24, 2.45) is 5.10 Å². The fourth-order valence-corrected chi connectivity index (χ4v) is 3.03. The minimum absolute atomic E-state index is 0.315. The number of rotatable bonds is 7. The summed E-state index contributed by atoms with van der Waals surface area (Å²) in [5.74, 6) is 0.151. The molecule has 3 aromatic rings. The standard InChI is InChI=1S/C24H21BrN2O4/c1-3-30-21-11-8-18(9-12-21)24(29)31-22-13-10-20(25)14-19(22)15-26-27-23(28)17-6-4-16(2)5-7-17/h4-15H,3H2,1-2H3,(H,27,28). The quantitative estimate of drug-likeness (QED) is 0.220. The Morgan fingerprint density at radius 1 is 1.00 bits per heavy atom. The number of hydrogen-bond donors (Lipinski definition) is 1. The summed E-state index contributed by atoms with van der Waals surface area (Å²) < 4.78 is 11.7. The van der Waals surface area contributed by atoms with E-state index >= 15 is 0 Å². The molecule has 0 radical (unpaired) electrons. The molecule has 3 aromatic carbocycles. The Hall–Kier alpha value is -3.45. The molecular weight excluding hydrogens is 460 g/mol. The molecule has 0 aliphatic rings. The summed E-state index contributed by atoms with van der Waals surface area (Å²) in [7, 11) is 0. The molecule has 7 heteroatoms. The van der Waals surface area contributed by atoms with Gasteiger partial charge in [0.1, 0.15) is 11.5 Å². The van der Waals surface area contributed by atoms with Crippen LogP contribution < -0.4 is 14.9 Å². The van der Waals surface area contributed by atoms with Crippen LogP contribution in [-0.2, 0) is 0 Å². The van der Waals surface area contributed by atoms with Crippen LogP contribution in [0.1, 0.15) is 38.8 Å². The second-order valence-corrected chi connectivity index (χ2v) is 7.51. The first-order valence-corrected chi connectivity index (χ1v) is 10.4. The number of benzene rings is 3. The van der Waals surface area contributed by atoms with E-state index in [1.807, 2.05) is 26.0 Å². The maximum atomic E-state index is 12.5. The van der Waals surface area contributed by atoms with E-state index in [4.69, 9.17) is 9.47 Å². The molecule has 158 valence electrons. The van der Waals surface area contributed by atoms with Gasteiger partial charge in [-0.05, 0) is 68.4 Å². The highest BCUT2D eigenvalue weighted by atomic mass is 79.9. The van der Waals surface area contributed by atoms with Crippen molar-refractivity contribution in [2.75, 3.05) is 6.61 Å². The molecule has 1 N–H and O–H groups in total. The molecular formula is C24H21BrN2O4. The van der Waals surface area contributed by atoms with Crippen molar-refractivity contribution in [2.45, 2.75) is 13.8 Å². The first-order valence-electron chi connectivity index (χ1n) is 9.61. The molecule has 0 heterocycles. The number of carbonyl (C=O) groups excluding carboxylic acids is 2. The van der Waals surface area contributed by atoms with E-state index in [0.29, 0.717) is 34.8 Å². The first kappa shape index (κ1) is 22.2. The SMILES string of the molecule is CCOc1ccc(C(=O)Oc2ccc(Br)cc2C=NNC(=O)c2ccc(C)cc2)cc1. The summed E-state index contributed by atoms with van der Waals surface area (Å²) in [5.41, 5.74) is 4.96. The summed E-state index contributed by atoms with van der Waals surface area (Å²) in [5, 5.41) is 4.00. The molecule has 3 rings (SSSR count). The smallest absolute Gasteiger partial charge is 0.343 e. The van der Waals surface area contributed by atoms with Gasteiger partial charge < -0.3 is 9.47 Å². The second kappa shape index (κ2) is 10.5. The molecule has 0 saturated heterocycles. The number of aryl methyl sites for hydroxylation is 1. The zero-order valence-electron chi connectivity index (χ0n) is 17.1. The van der Waals surface area contributed by atoms with Gasteiger partial charge in [-0.1, -0.05) is 33.6 Å². The number of amides is 1. The third-order valence-corrected chi connectivity index (χ3v) is 4.75. The van der Waals surface area contributed by atoms with E-state index in [2.05, 4.69) is 26.5 Å². The maximum Gasteiger partial charge on any atom is 0.343 e. The molecule has 0 spiro atoms. The number of nitrogens with one attached hydrogen (secondary N) is 1. The number of carbonyl (C=O) groups is 2. The zero-order valence-corrected chi connectivity index (χ0v) is 18.7. The average molecular weight is 481 g/mol. The zero-order chi connectivity index (χ0) is 22.2. The highest BCUT2D eigenvalue weighted by Crippen LogP contribution is 2.23. The van der Waals surface area contributed by atoms with Gasteiger partial charge in [0.25, 0.3) is 5.91 Å². The van der Waals surface area contributed by atoms with Gasteiger partial charge in [0.05, 0.1) is 18.4 Å². The summed E-state index contributed by atoms with van der Waals surface area (Å²) in [4.78, 5) is 24.7. The van der Waals surface area contributed by atoms with Crippen LogP contribution in [0.4, 0.5) is 0 Å². The lowest BCUT2D eigenvalue weighted by Crippen LogP contribution is -2.17. The molecule has 31 heavy (non-hydrogen) atoms. The van der Waals surface area contributed by atoms with E-state index < -0.39 is 5.97 Å². The Morgan fingerprint density at radius 3 is 2.35 bits per heavy atom. The predicted molar refractivity (Wildman–Crippen MR) is 123 cm³/mol. The van der Waals surface area contributed by atoms with Crippen LogP contribution in [-0.4, -0.2) is 24.7 Å². The van der Waals surface area contributed by atoms with Gasteiger partial charge in [-0.25, -0.2) is 10.2 Å². The maximum absolute atomic E-state index is 12.5. The van der Waals surface area contributed by atoms with Gasteiger partial charge in [0, 0.05) is 15.6 Å². The molecule has 6 nitrogen and oxygen atoms in total. The lowest BCUT2D eigenvalue weighted by Gasteiger charge is -2.09. The molecule has 0 aromatic heterocycles.